The van der Waals surface area contributed by atoms with Gasteiger partial charge in [0.15, 0.2) is 10.6 Å². The zero-order chi connectivity index (χ0) is 17.2. The molecule has 0 amide bonds. The van der Waals surface area contributed by atoms with Crippen molar-refractivity contribution >= 4 is 45.7 Å². The van der Waals surface area contributed by atoms with Crippen molar-refractivity contribution in [1.29, 1.82) is 0 Å². The molecule has 0 spiro atoms. The second-order valence-corrected chi connectivity index (χ2v) is 8.99. The van der Waals surface area contributed by atoms with Crippen LogP contribution in [0.5, 0.6) is 0 Å². The van der Waals surface area contributed by atoms with Crippen LogP contribution in [-0.4, -0.2) is 16.3 Å². The number of thiophene rings is 1. The molecule has 0 radical (unpaired) electrons. The number of rotatable bonds is 5. The fraction of sp³-hybridized carbons (Fsp3) is 0.333. The summed E-state index contributed by atoms with van der Waals surface area (Å²) in [6.45, 7) is 4.12. The highest BCUT2D eigenvalue weighted by Gasteiger charge is 2.31. The summed E-state index contributed by atoms with van der Waals surface area (Å²) >= 11 is 8.97. The molecule has 0 aliphatic carbocycles. The van der Waals surface area contributed by atoms with Gasteiger partial charge in [-0.05, 0) is 42.2 Å². The Kier molecular flexibility index (Phi) is 4.98. The molecular weight excluding hydrogens is 368 g/mol. The van der Waals surface area contributed by atoms with Gasteiger partial charge in [-0.3, -0.25) is 0 Å². The van der Waals surface area contributed by atoms with E-state index in [-0.39, 0.29) is 0 Å². The summed E-state index contributed by atoms with van der Waals surface area (Å²) in [5.74, 6) is 0. The summed E-state index contributed by atoms with van der Waals surface area (Å²) in [5, 5.41) is 11.2. The molecule has 4 nitrogen and oxygen atoms in total. The fourth-order valence-corrected chi connectivity index (χ4v) is 5.35. The van der Waals surface area contributed by atoms with Gasteiger partial charge in [0.05, 0.1) is 11.4 Å². The summed E-state index contributed by atoms with van der Waals surface area (Å²) in [7, 11) is 0. The summed E-state index contributed by atoms with van der Waals surface area (Å²) in [6.07, 6.45) is 2.52. The van der Waals surface area contributed by atoms with Crippen molar-refractivity contribution in [2.75, 3.05) is 11.9 Å². The first-order valence-electron chi connectivity index (χ1n) is 8.49. The summed E-state index contributed by atoms with van der Waals surface area (Å²) in [4.78, 5) is 3.04. The Morgan fingerprint density at radius 1 is 1.32 bits per heavy atom. The van der Waals surface area contributed by atoms with E-state index in [1.807, 2.05) is 28.2 Å². The van der Waals surface area contributed by atoms with Gasteiger partial charge in [0.2, 0.25) is 5.13 Å². The van der Waals surface area contributed by atoms with E-state index in [4.69, 9.17) is 17.3 Å². The minimum absolute atomic E-state index is 0.580. The molecule has 0 bridgehead atoms. The van der Waals surface area contributed by atoms with Crippen LogP contribution in [0.15, 0.2) is 41.8 Å². The topological polar surface area (TPSA) is 34.3 Å². The number of benzene rings is 1. The van der Waals surface area contributed by atoms with E-state index in [2.05, 4.69) is 41.9 Å². The number of hydrogen-bond acceptors (Lipinski definition) is 5. The summed E-state index contributed by atoms with van der Waals surface area (Å²) < 4.78 is 2.82. The van der Waals surface area contributed by atoms with Crippen molar-refractivity contribution in [2.45, 2.75) is 32.5 Å². The lowest BCUT2D eigenvalue weighted by molar-refractivity contribution is -0.941. The zero-order valence-corrected chi connectivity index (χ0v) is 16.5. The van der Waals surface area contributed by atoms with Crippen LogP contribution >= 0.6 is 34.9 Å². The van der Waals surface area contributed by atoms with Gasteiger partial charge in [-0.2, -0.15) is 4.68 Å². The van der Waals surface area contributed by atoms with E-state index in [0.29, 0.717) is 6.04 Å². The Bertz CT molecular complexity index is 897. The van der Waals surface area contributed by atoms with Gasteiger partial charge in [0.25, 0.3) is 0 Å². The molecule has 1 aliphatic heterocycles. The molecule has 7 heteroatoms. The van der Waals surface area contributed by atoms with E-state index in [1.165, 1.54) is 29.8 Å². The predicted octanol–water partition coefficient (Wildman–Crippen LogP) is 4.17. The first kappa shape index (κ1) is 16.9. The number of para-hydroxylation sites is 1. The lowest BCUT2D eigenvalue weighted by atomic mass is 10.2. The Morgan fingerprint density at radius 2 is 2.20 bits per heavy atom. The second-order valence-electron chi connectivity index (χ2n) is 6.39. The maximum Gasteiger partial charge on any atom is 0.209 e. The van der Waals surface area contributed by atoms with Gasteiger partial charge < -0.3 is 10.2 Å². The Labute approximate surface area is 160 Å². The fourth-order valence-electron chi connectivity index (χ4n) is 3.41. The van der Waals surface area contributed by atoms with E-state index < -0.39 is 0 Å². The van der Waals surface area contributed by atoms with Gasteiger partial charge in [-0.1, -0.05) is 35.6 Å². The van der Waals surface area contributed by atoms with E-state index in [9.17, 15) is 0 Å². The molecular formula is C18H21N4S3+. The number of aryl methyl sites for hydroxylation is 1. The van der Waals surface area contributed by atoms with Gasteiger partial charge in [-0.15, -0.1) is 16.4 Å². The van der Waals surface area contributed by atoms with Crippen molar-refractivity contribution in [2.24, 2.45) is 0 Å². The van der Waals surface area contributed by atoms with Gasteiger partial charge in [0.1, 0.15) is 6.04 Å². The molecule has 2 N–H and O–H groups in total. The van der Waals surface area contributed by atoms with Crippen LogP contribution in [-0.2, 0) is 6.67 Å². The number of anilines is 2. The van der Waals surface area contributed by atoms with Crippen molar-refractivity contribution < 1.29 is 4.90 Å². The molecule has 3 aromatic rings. The smallest absolute Gasteiger partial charge is 0.209 e. The minimum atomic E-state index is 0.580. The van der Waals surface area contributed by atoms with Crippen molar-refractivity contribution in [3.63, 3.8) is 0 Å². The number of aromatic nitrogens is 2. The summed E-state index contributed by atoms with van der Waals surface area (Å²) in [5.41, 5.74) is 2.29. The highest BCUT2D eigenvalue weighted by Crippen LogP contribution is 2.25. The number of nitrogens with zero attached hydrogens (tertiary/aromatic N) is 2. The van der Waals surface area contributed by atoms with Gasteiger partial charge >= 0.3 is 0 Å². The van der Waals surface area contributed by atoms with Crippen LogP contribution in [0.4, 0.5) is 10.8 Å². The molecule has 25 heavy (non-hydrogen) atoms. The van der Waals surface area contributed by atoms with E-state index in [1.54, 1.807) is 16.2 Å². The number of hydrogen-bond donors (Lipinski definition) is 2. The lowest BCUT2D eigenvalue weighted by Gasteiger charge is -2.20. The number of quaternary nitrogens is 1. The first-order chi connectivity index (χ1) is 12.2. The third-order valence-corrected chi connectivity index (χ3v) is 6.93. The van der Waals surface area contributed by atoms with Crippen molar-refractivity contribution in [3.8, 4) is 0 Å². The van der Waals surface area contributed by atoms with Crippen LogP contribution in [0, 0.1) is 10.9 Å². The molecule has 2 aromatic heterocycles. The molecule has 3 heterocycles. The quantitative estimate of drug-likeness (QED) is 0.643. The maximum absolute atomic E-state index is 5.56. The Hall–Kier alpha value is -1.54. The normalized spacial score (nSPS) is 20.0. The van der Waals surface area contributed by atoms with Crippen LogP contribution in [0.2, 0.25) is 0 Å². The number of nitrogens with one attached hydrogen (secondary N) is 2. The second kappa shape index (κ2) is 7.37. The van der Waals surface area contributed by atoms with Gasteiger partial charge in [0, 0.05) is 18.5 Å². The van der Waals surface area contributed by atoms with Crippen LogP contribution in [0.3, 0.4) is 0 Å². The highest BCUT2D eigenvalue weighted by atomic mass is 32.1. The standard InChI is InChI=1S/C18H20N4S3/c1-13-6-2-3-7-14(13)19-17-20-22(18(23)25-17)12-21-10-4-8-15(21)16-9-5-11-24-16/h2-3,5-7,9,11,15H,4,8,10,12H2,1H3,(H,19,20)/p+1/t15-/m1/s1. The van der Waals surface area contributed by atoms with Crippen LogP contribution in [0.25, 0.3) is 0 Å². The Balaban J connectivity index is 1.51. The third-order valence-electron chi connectivity index (χ3n) is 4.72. The molecule has 0 saturated carbocycles. The Morgan fingerprint density at radius 3 is 3.00 bits per heavy atom. The first-order valence-corrected chi connectivity index (χ1v) is 10.6. The average Bonchev–Trinajstić information content (AvgIpc) is 3.32. The molecule has 1 unspecified atom stereocenters. The van der Waals surface area contributed by atoms with Crippen molar-refractivity contribution in [1.82, 2.24) is 9.78 Å². The minimum Gasteiger partial charge on any atom is -0.330 e. The predicted molar refractivity (Wildman–Crippen MR) is 108 cm³/mol. The average molecular weight is 390 g/mol. The van der Waals surface area contributed by atoms with Crippen LogP contribution in [0.1, 0.15) is 29.3 Å². The molecule has 2 atom stereocenters. The maximum atomic E-state index is 5.56. The molecule has 1 saturated heterocycles. The van der Waals surface area contributed by atoms with E-state index in [0.717, 1.165) is 21.4 Å². The molecule has 1 fully saturated rings. The zero-order valence-electron chi connectivity index (χ0n) is 14.1. The van der Waals surface area contributed by atoms with E-state index >= 15 is 0 Å². The number of likely N-dealkylation sites (tertiary alicyclic amines) is 1. The third kappa shape index (κ3) is 3.69. The highest BCUT2D eigenvalue weighted by molar-refractivity contribution is 7.73. The molecule has 1 aromatic carbocycles. The van der Waals surface area contributed by atoms with Crippen LogP contribution < -0.4 is 10.2 Å². The molecule has 4 rings (SSSR count). The lowest BCUT2D eigenvalue weighted by Crippen LogP contribution is -3.09. The summed E-state index contributed by atoms with van der Waals surface area (Å²) in [6, 6.07) is 13.2. The van der Waals surface area contributed by atoms with Gasteiger partial charge in [-0.25, -0.2) is 0 Å². The monoisotopic (exact) mass is 389 g/mol. The molecule has 130 valence electrons. The molecule has 1 aliphatic rings. The SMILES string of the molecule is Cc1ccccc1Nc1nn(C[NH+]2CCC[C@@H]2c2cccs2)c(=S)s1. The van der Waals surface area contributed by atoms with Crippen molar-refractivity contribution in [3.05, 3.63) is 56.2 Å². The largest absolute Gasteiger partial charge is 0.330 e.